The molecule has 0 aliphatic rings. The summed E-state index contributed by atoms with van der Waals surface area (Å²) in [5.74, 6) is -0.925. The number of nitrogens with two attached hydrogens (primary N) is 2. The predicted molar refractivity (Wildman–Crippen MR) is 72.0 cm³/mol. The van der Waals surface area contributed by atoms with Crippen molar-refractivity contribution in [2.45, 2.75) is 6.42 Å². The molecule has 0 radical (unpaired) electrons. The molecule has 5 N–H and O–H groups in total. The van der Waals surface area contributed by atoms with E-state index in [4.69, 9.17) is 16.6 Å². The first kappa shape index (κ1) is 12.0. The number of carboxylic acids is 1. The van der Waals surface area contributed by atoms with Gasteiger partial charge in [-0.15, -0.1) is 0 Å². The van der Waals surface area contributed by atoms with Crippen molar-refractivity contribution < 1.29 is 9.90 Å². The maximum atomic E-state index is 10.8. The summed E-state index contributed by atoms with van der Waals surface area (Å²) in [6, 6.07) is 12.9. The number of hydrogen-bond acceptors (Lipinski definition) is 3. The van der Waals surface area contributed by atoms with Crippen molar-refractivity contribution in [3.63, 3.8) is 0 Å². The number of benzene rings is 2. The highest BCUT2D eigenvalue weighted by Gasteiger charge is 2.11. The molecule has 0 heterocycles. The summed E-state index contributed by atoms with van der Waals surface area (Å²) in [7, 11) is 0. The van der Waals surface area contributed by atoms with Gasteiger partial charge < -0.3 is 16.6 Å². The largest absolute Gasteiger partial charge is 0.481 e. The average Bonchev–Trinajstić information content (AvgIpc) is 2.34. The van der Waals surface area contributed by atoms with E-state index in [1.165, 1.54) is 0 Å². The second kappa shape index (κ2) is 4.79. The van der Waals surface area contributed by atoms with Gasteiger partial charge in [0.15, 0.2) is 0 Å². The van der Waals surface area contributed by atoms with E-state index in [1.54, 1.807) is 12.1 Å². The van der Waals surface area contributed by atoms with Gasteiger partial charge in [-0.3, -0.25) is 4.79 Å². The van der Waals surface area contributed by atoms with E-state index in [0.717, 1.165) is 11.1 Å². The van der Waals surface area contributed by atoms with Crippen LogP contribution in [0.3, 0.4) is 0 Å². The van der Waals surface area contributed by atoms with E-state index in [2.05, 4.69) is 0 Å². The summed E-state index contributed by atoms with van der Waals surface area (Å²) in [5, 5.41) is 8.85. The van der Waals surface area contributed by atoms with E-state index in [0.29, 0.717) is 16.9 Å². The minimum atomic E-state index is -0.925. The molecule has 2 aromatic carbocycles. The lowest BCUT2D eigenvalue weighted by atomic mass is 9.98. The highest BCUT2D eigenvalue weighted by atomic mass is 16.4. The van der Waals surface area contributed by atoms with Gasteiger partial charge in [0.2, 0.25) is 0 Å². The summed E-state index contributed by atoms with van der Waals surface area (Å²) < 4.78 is 0. The maximum Gasteiger partial charge on any atom is 0.307 e. The second-order valence-corrected chi connectivity index (χ2v) is 4.08. The van der Waals surface area contributed by atoms with Crippen LogP contribution in [0.15, 0.2) is 42.5 Å². The van der Waals surface area contributed by atoms with E-state index < -0.39 is 5.97 Å². The molecule has 0 unspecified atom stereocenters. The fourth-order valence-corrected chi connectivity index (χ4v) is 1.90. The molecule has 0 saturated carbocycles. The van der Waals surface area contributed by atoms with Gasteiger partial charge in [-0.05, 0) is 23.3 Å². The van der Waals surface area contributed by atoms with Crippen LogP contribution in [0.25, 0.3) is 11.1 Å². The number of carboxylic acid groups (broad SMARTS) is 1. The monoisotopic (exact) mass is 242 g/mol. The van der Waals surface area contributed by atoms with Crippen molar-refractivity contribution in [1.82, 2.24) is 0 Å². The molecule has 0 aliphatic carbocycles. The lowest BCUT2D eigenvalue weighted by molar-refractivity contribution is -0.136. The summed E-state index contributed by atoms with van der Waals surface area (Å²) in [6.45, 7) is 0. The Morgan fingerprint density at radius 2 is 1.78 bits per heavy atom. The molecule has 0 fully saturated rings. The molecule has 4 nitrogen and oxygen atoms in total. The molecule has 0 aliphatic heterocycles. The molecule has 92 valence electrons. The Hall–Kier alpha value is -2.49. The van der Waals surface area contributed by atoms with Crippen molar-refractivity contribution in [2.24, 2.45) is 0 Å². The van der Waals surface area contributed by atoms with Gasteiger partial charge in [0.1, 0.15) is 0 Å². The van der Waals surface area contributed by atoms with E-state index in [1.807, 2.05) is 30.3 Å². The van der Waals surface area contributed by atoms with E-state index in [9.17, 15) is 4.79 Å². The third-order valence-electron chi connectivity index (χ3n) is 2.71. The van der Waals surface area contributed by atoms with Crippen LogP contribution in [0.4, 0.5) is 11.4 Å². The van der Waals surface area contributed by atoms with Gasteiger partial charge in [-0.2, -0.15) is 0 Å². The molecular weight excluding hydrogens is 228 g/mol. The molecule has 4 heteroatoms. The predicted octanol–water partition coefficient (Wildman–Crippen LogP) is 2.15. The lowest BCUT2D eigenvalue weighted by Crippen LogP contribution is -2.06. The summed E-state index contributed by atoms with van der Waals surface area (Å²) in [4.78, 5) is 10.8. The second-order valence-electron chi connectivity index (χ2n) is 4.08. The third-order valence-corrected chi connectivity index (χ3v) is 2.71. The molecular formula is C14H14N2O2. The zero-order chi connectivity index (χ0) is 13.1. The first-order valence-electron chi connectivity index (χ1n) is 5.53. The number of hydrogen-bond donors (Lipinski definition) is 3. The van der Waals surface area contributed by atoms with E-state index in [-0.39, 0.29) is 6.42 Å². The van der Waals surface area contributed by atoms with E-state index >= 15 is 0 Å². The molecule has 2 rings (SSSR count). The zero-order valence-corrected chi connectivity index (χ0v) is 9.76. The first-order chi connectivity index (χ1) is 8.58. The van der Waals surface area contributed by atoms with Crippen molar-refractivity contribution in [3.8, 4) is 11.1 Å². The molecule has 0 spiro atoms. The Morgan fingerprint density at radius 3 is 2.39 bits per heavy atom. The fourth-order valence-electron chi connectivity index (χ4n) is 1.90. The number of aliphatic carboxylic acids is 1. The van der Waals surface area contributed by atoms with Crippen molar-refractivity contribution in [3.05, 3.63) is 48.0 Å². The smallest absolute Gasteiger partial charge is 0.307 e. The van der Waals surface area contributed by atoms with Crippen LogP contribution < -0.4 is 11.5 Å². The standard InChI is InChI=1S/C14H14N2O2/c15-11-6-10(7-13(17)18)14(16)12(8-11)9-4-2-1-3-5-9/h1-6,8H,7,15-16H2,(H,17,18). The Kier molecular flexibility index (Phi) is 3.19. The van der Waals surface area contributed by atoms with Crippen LogP contribution in [-0.4, -0.2) is 11.1 Å². The summed E-state index contributed by atoms with van der Waals surface area (Å²) >= 11 is 0. The molecule has 0 amide bonds. The zero-order valence-electron chi connectivity index (χ0n) is 9.76. The number of nitrogen functional groups attached to an aromatic ring is 2. The summed E-state index contributed by atoms with van der Waals surface area (Å²) in [5.41, 5.74) is 15.0. The van der Waals surface area contributed by atoms with Crippen molar-refractivity contribution >= 4 is 17.3 Å². The van der Waals surface area contributed by atoms with Crippen molar-refractivity contribution in [1.29, 1.82) is 0 Å². The van der Waals surface area contributed by atoms with Gasteiger partial charge >= 0.3 is 5.97 Å². The Bertz CT molecular complexity index is 580. The number of rotatable bonds is 3. The van der Waals surface area contributed by atoms with Gasteiger partial charge in [0, 0.05) is 16.9 Å². The van der Waals surface area contributed by atoms with Gasteiger partial charge in [0.25, 0.3) is 0 Å². The normalized spacial score (nSPS) is 10.2. The maximum absolute atomic E-state index is 10.8. The molecule has 0 atom stereocenters. The highest BCUT2D eigenvalue weighted by Crippen LogP contribution is 2.31. The molecule has 0 bridgehead atoms. The van der Waals surface area contributed by atoms with Gasteiger partial charge in [-0.1, -0.05) is 30.3 Å². The number of carbonyl (C=O) groups is 1. The average molecular weight is 242 g/mol. The minimum Gasteiger partial charge on any atom is -0.481 e. The van der Waals surface area contributed by atoms with Crippen LogP contribution in [0.2, 0.25) is 0 Å². The SMILES string of the molecule is Nc1cc(CC(=O)O)c(N)c(-c2ccccc2)c1. The quantitative estimate of drug-likeness (QED) is 0.719. The molecule has 2 aromatic rings. The van der Waals surface area contributed by atoms with Gasteiger partial charge in [-0.25, -0.2) is 0 Å². The topological polar surface area (TPSA) is 89.3 Å². The summed E-state index contributed by atoms with van der Waals surface area (Å²) in [6.07, 6.45) is -0.128. The minimum absolute atomic E-state index is 0.128. The van der Waals surface area contributed by atoms with Crippen molar-refractivity contribution in [2.75, 3.05) is 11.5 Å². The first-order valence-corrected chi connectivity index (χ1v) is 5.53. The Morgan fingerprint density at radius 1 is 1.11 bits per heavy atom. The fraction of sp³-hybridized carbons (Fsp3) is 0.0714. The number of anilines is 2. The van der Waals surface area contributed by atoms with Crippen LogP contribution in [0, 0.1) is 0 Å². The molecule has 0 saturated heterocycles. The lowest BCUT2D eigenvalue weighted by Gasteiger charge is -2.11. The highest BCUT2D eigenvalue weighted by molar-refractivity contribution is 5.84. The van der Waals surface area contributed by atoms with Crippen LogP contribution >= 0.6 is 0 Å². The van der Waals surface area contributed by atoms with Crippen LogP contribution in [-0.2, 0) is 11.2 Å². The molecule has 18 heavy (non-hydrogen) atoms. The molecule has 0 aromatic heterocycles. The van der Waals surface area contributed by atoms with Crippen LogP contribution in [0.5, 0.6) is 0 Å². The van der Waals surface area contributed by atoms with Gasteiger partial charge in [0.05, 0.1) is 6.42 Å². The Labute approximate surface area is 105 Å². The Balaban J connectivity index is 2.55. The van der Waals surface area contributed by atoms with Crippen LogP contribution in [0.1, 0.15) is 5.56 Å². The third kappa shape index (κ3) is 2.43.